The van der Waals surface area contributed by atoms with E-state index in [-0.39, 0.29) is 94.3 Å². The molecular weight excluding hydrogens is 1600 g/mol. The lowest BCUT2D eigenvalue weighted by Crippen LogP contribution is -2.46. The van der Waals surface area contributed by atoms with Crippen molar-refractivity contribution in [1.82, 2.24) is 21.3 Å². The molecule has 1 aliphatic carbocycles. The molecule has 2 heterocycles. The summed E-state index contributed by atoms with van der Waals surface area (Å²) in [4.78, 5) is 118. The van der Waals surface area contributed by atoms with Crippen LogP contribution in [-0.4, -0.2) is 193 Å². The molecule has 0 bridgehead atoms. The van der Waals surface area contributed by atoms with Gasteiger partial charge in [-0.15, -0.1) is 25.3 Å². The molecule has 0 aromatic heterocycles. The minimum Gasteiger partial charge on any atom is -0.748 e. The van der Waals surface area contributed by atoms with E-state index in [1.165, 1.54) is 12.1 Å². The first-order valence-corrected chi connectivity index (χ1v) is 43.0. The zero-order valence-electron chi connectivity index (χ0n) is 63.7. The SMILES string of the molecule is CCNC(=O)C[C@H](NC(=O)CCCCCCCCC(=O)CC[C@H](NC(=O)NCCCC(=O)O)C(=O)O)C(=O)C[C@@H](Cc1ccc(OC2=C(/C=C/C3=[N+](CCCCS(=O)(=O)[O-])c4ccccc4C3(C)C)CCC/C2=C\C=C2\N(CCCCS(=O)(=O)O)c3ccc(S(=O)(=O)O)cc3C2(C)C)cc1)C(=O)O.O=C=O.O=S(=O)=O.O=S(=O)=O. The highest BCUT2D eigenvalue weighted by Gasteiger charge is 2.45. The third-order valence-electron chi connectivity index (χ3n) is 18.6. The average Bonchev–Trinajstić information content (AvgIpc) is 1.59. The van der Waals surface area contributed by atoms with Gasteiger partial charge in [0.1, 0.15) is 29.9 Å². The maximum absolute atomic E-state index is 14.0. The molecule has 3 aromatic rings. The minimum absolute atomic E-state index is 0.0169. The number of hydrogen-bond donors (Lipinski definition) is 9. The summed E-state index contributed by atoms with van der Waals surface area (Å²) in [5.74, 6) is -6.87. The molecule has 0 saturated carbocycles. The number of nitrogens with zero attached hydrogens (tertiary/aromatic N) is 2. The number of Topliss-reactive ketones (excluding diaryl/α,β-unsaturated/α-hetero) is 2. The highest BCUT2D eigenvalue weighted by Crippen LogP contribution is 2.49. The zero-order chi connectivity index (χ0) is 85.7. The van der Waals surface area contributed by atoms with Crippen molar-refractivity contribution < 1.29 is 137 Å². The third-order valence-corrected chi connectivity index (χ3v) is 21.0. The van der Waals surface area contributed by atoms with Crippen LogP contribution in [0.3, 0.4) is 0 Å². The standard InChI is InChI=1S/C73H98N6O21S3.CO2.2O3S/c1-6-74-66(83)48-59(76-65(82)26-12-10-8-7-9-11-23-53(80)32-36-58(70(88)89)77-71(90)75-40-20-27-67(84)85)62(81)46-52(69(86)87)45-49-28-33-54(34-29-49)100-68-50(30-38-63-72(2,3)56-24-13-14-25-60(56)78(63)41-15-17-43-101(91,92)93)21-19-22-51(68)31-39-64-73(4,5)57-47-55(103(97,98)99)35-37-61(57)79(64)42-16-18-44-102(94,95)96;2-1-3;2*1-4(2)3/h13-14,24-25,28-31,33-35,37-39,47,52,58-59H,6-12,15-23,26-27,32,36,40-46,48H2,1-5H3,(H9-,74,75,76,77,82,83,84,85,86,87,88,89,90,91,92,93,94,95,96,97,98,99);;;/t52-,58+,59+;;;/m1.../s1. The lowest BCUT2D eigenvalue weighted by molar-refractivity contribution is -0.438. The number of aliphatic carboxylic acids is 3. The molecule has 0 fully saturated rings. The van der Waals surface area contributed by atoms with Gasteiger partial charge in [0, 0.05) is 98.4 Å². The Morgan fingerprint density at radius 2 is 1.27 bits per heavy atom. The minimum atomic E-state index is -4.61. The van der Waals surface area contributed by atoms with E-state index in [2.05, 4.69) is 39.7 Å². The van der Waals surface area contributed by atoms with Gasteiger partial charge in [0.25, 0.3) is 20.2 Å². The van der Waals surface area contributed by atoms with Gasteiger partial charge in [0.2, 0.25) is 17.5 Å². The normalized spacial score (nSPS) is 15.5. The predicted octanol–water partition coefficient (Wildman–Crippen LogP) is 6.69. The first-order valence-electron chi connectivity index (χ1n) is 36.3. The van der Waals surface area contributed by atoms with E-state index in [9.17, 15) is 87.5 Å². The molecule has 3 aromatic carbocycles. The van der Waals surface area contributed by atoms with Crippen LogP contribution < -0.4 is 30.9 Å². The van der Waals surface area contributed by atoms with Gasteiger partial charge in [-0.1, -0.05) is 75.9 Å². The van der Waals surface area contributed by atoms with Gasteiger partial charge < -0.3 is 50.8 Å². The van der Waals surface area contributed by atoms with Gasteiger partial charge in [-0.3, -0.25) is 37.9 Å². The number of urea groups is 1. The number of ether oxygens (including phenoxy) is 1. The van der Waals surface area contributed by atoms with Crippen LogP contribution in [0, 0.1) is 5.92 Å². The highest BCUT2D eigenvalue weighted by molar-refractivity contribution is 7.86. The number of carboxylic acid groups (broad SMARTS) is 3. The summed E-state index contributed by atoms with van der Waals surface area (Å²) in [6.07, 6.45) is 13.5. The van der Waals surface area contributed by atoms with E-state index >= 15 is 0 Å². The van der Waals surface area contributed by atoms with E-state index < -0.39 is 146 Å². The molecule has 0 radical (unpaired) electrons. The number of ketones is 2. The first kappa shape index (κ1) is 98.4. The summed E-state index contributed by atoms with van der Waals surface area (Å²) in [5.41, 5.74) is 5.46. The number of carboxylic acids is 3. The van der Waals surface area contributed by atoms with E-state index in [4.69, 9.17) is 44.7 Å². The fraction of sp³-hybridized carbons (Fsp3) is 0.514. The monoisotopic (exact) mass is 1690 g/mol. The second-order valence-corrected chi connectivity index (χ2v) is 33.1. The van der Waals surface area contributed by atoms with E-state index in [0.717, 1.165) is 34.5 Å². The predicted molar refractivity (Wildman–Crippen MR) is 409 cm³/mol. The molecule has 2 aliphatic heterocycles. The molecule has 114 heavy (non-hydrogen) atoms. The molecule has 628 valence electrons. The number of unbranched alkanes of at least 4 members (excludes halogenated alkanes) is 7. The molecule has 0 saturated heterocycles. The summed E-state index contributed by atoms with van der Waals surface area (Å²) >= 11 is 0. The summed E-state index contributed by atoms with van der Waals surface area (Å²) in [5, 5.41) is 38.8. The zero-order valence-corrected chi connectivity index (χ0v) is 67.7. The van der Waals surface area contributed by atoms with Crippen LogP contribution in [-0.2, 0) is 112 Å². The number of nitrogens with one attached hydrogen (secondary N) is 4. The summed E-state index contributed by atoms with van der Waals surface area (Å²) in [6, 6.07) is 15.5. The topological polar surface area (TPSA) is 563 Å². The Kier molecular flexibility index (Phi) is 41.2. The third kappa shape index (κ3) is 35.3. The van der Waals surface area contributed by atoms with Crippen LogP contribution in [0.4, 0.5) is 16.2 Å². The molecule has 3 aliphatic rings. The van der Waals surface area contributed by atoms with Crippen molar-refractivity contribution >= 4 is 122 Å². The number of benzene rings is 3. The average molecular weight is 1700 g/mol. The second-order valence-electron chi connectivity index (χ2n) is 27.8. The molecule has 40 heteroatoms. The van der Waals surface area contributed by atoms with Crippen molar-refractivity contribution in [2.75, 3.05) is 42.6 Å². The Hall–Kier alpha value is -9.80. The maximum atomic E-state index is 14.0. The lowest BCUT2D eigenvalue weighted by Gasteiger charge is -2.27. The van der Waals surface area contributed by atoms with Crippen molar-refractivity contribution in [2.24, 2.45) is 5.92 Å². The molecule has 4 amide bonds. The highest BCUT2D eigenvalue weighted by atomic mass is 32.2. The number of carbonyl (C=O) groups excluding carboxylic acids is 7. The molecule has 3 atom stereocenters. The largest absolute Gasteiger partial charge is 0.748 e. The van der Waals surface area contributed by atoms with Gasteiger partial charge in [-0.25, -0.2) is 18.0 Å². The Morgan fingerprint density at radius 1 is 0.658 bits per heavy atom. The summed E-state index contributed by atoms with van der Waals surface area (Å²) in [7, 11) is -19.5. The number of allylic oxidation sites excluding steroid dienone is 7. The van der Waals surface area contributed by atoms with Crippen LogP contribution in [0.2, 0.25) is 0 Å². The molecule has 0 spiro atoms. The number of amides is 4. The van der Waals surface area contributed by atoms with Gasteiger partial charge >= 0.3 is 51.3 Å². The summed E-state index contributed by atoms with van der Waals surface area (Å²) < 4.78 is 162. The number of anilines is 1. The van der Waals surface area contributed by atoms with Crippen molar-refractivity contribution in [3.8, 4) is 5.75 Å². The Morgan fingerprint density at radius 3 is 1.86 bits per heavy atom. The Balaban J connectivity index is 0.00000287. The van der Waals surface area contributed by atoms with Gasteiger partial charge in [-0.2, -0.15) is 31.0 Å². The Labute approximate surface area is 664 Å². The van der Waals surface area contributed by atoms with Crippen LogP contribution >= 0.6 is 0 Å². The van der Waals surface area contributed by atoms with Gasteiger partial charge in [0.05, 0.1) is 44.6 Å². The van der Waals surface area contributed by atoms with Crippen LogP contribution in [0.1, 0.15) is 186 Å². The van der Waals surface area contributed by atoms with E-state index in [0.29, 0.717) is 105 Å². The maximum Gasteiger partial charge on any atom is 0.425 e. The first-order chi connectivity index (χ1) is 53.4. The van der Waals surface area contributed by atoms with Gasteiger partial charge in [0.15, 0.2) is 11.5 Å². The van der Waals surface area contributed by atoms with E-state index in [1.54, 1.807) is 37.3 Å². The number of para-hydroxylation sites is 1. The van der Waals surface area contributed by atoms with E-state index in [1.807, 2.05) is 67.3 Å². The summed E-state index contributed by atoms with van der Waals surface area (Å²) in [6.45, 7) is 10.6. The number of carbonyl (C=O) groups is 8. The molecule has 9 N–H and O–H groups in total. The van der Waals surface area contributed by atoms with Crippen molar-refractivity contribution in [3.63, 3.8) is 0 Å². The lowest BCUT2D eigenvalue weighted by atomic mass is 9.81. The van der Waals surface area contributed by atoms with Crippen LogP contribution in [0.25, 0.3) is 0 Å². The number of rotatable bonds is 44. The smallest absolute Gasteiger partial charge is 0.425 e. The van der Waals surface area contributed by atoms with Crippen molar-refractivity contribution in [3.05, 3.63) is 130 Å². The van der Waals surface area contributed by atoms with Crippen molar-refractivity contribution in [2.45, 2.75) is 204 Å². The van der Waals surface area contributed by atoms with Crippen molar-refractivity contribution in [1.29, 1.82) is 0 Å². The number of fused-ring (bicyclic) bond motifs is 2. The fourth-order valence-electron chi connectivity index (χ4n) is 13.1. The quantitative estimate of drug-likeness (QED) is 0.0162. The Bertz CT molecular complexity index is 4680. The molecular formula is C74H98N6O29S5. The molecule has 6 rings (SSSR count). The van der Waals surface area contributed by atoms with Crippen LogP contribution in [0.15, 0.2) is 119 Å². The fourth-order valence-corrected chi connectivity index (χ4v) is 14.7. The number of hydrogen-bond acceptors (Lipinski definition) is 25. The molecule has 0 unspecified atom stereocenters. The molecule has 35 nitrogen and oxygen atoms in total. The second kappa shape index (κ2) is 47.8. The van der Waals surface area contributed by atoms with Gasteiger partial charge in [-0.05, 0) is 156 Å². The van der Waals surface area contributed by atoms with Crippen LogP contribution in [0.5, 0.6) is 5.75 Å².